The van der Waals surface area contributed by atoms with Crippen molar-refractivity contribution in [3.05, 3.63) is 81.8 Å². The summed E-state index contributed by atoms with van der Waals surface area (Å²) in [5.41, 5.74) is 1.81. The molecule has 0 fully saturated rings. The minimum atomic E-state index is -4.30. The lowest BCUT2D eigenvalue weighted by Crippen LogP contribution is -2.52. The maximum absolute atomic E-state index is 14.1. The highest BCUT2D eigenvalue weighted by Crippen LogP contribution is 2.32. The van der Waals surface area contributed by atoms with E-state index in [0.717, 1.165) is 9.87 Å². The first-order chi connectivity index (χ1) is 20.3. The number of aryl methyl sites for hydroxylation is 1. The van der Waals surface area contributed by atoms with Gasteiger partial charge < -0.3 is 19.7 Å². The number of hydrogen-bond donors (Lipinski definition) is 1. The Morgan fingerprint density at radius 3 is 2.14 bits per heavy atom. The molecule has 232 valence electrons. The molecule has 1 N–H and O–H groups in total. The van der Waals surface area contributed by atoms with Gasteiger partial charge in [0.1, 0.15) is 12.6 Å². The van der Waals surface area contributed by atoms with E-state index in [1.807, 2.05) is 20.8 Å². The van der Waals surface area contributed by atoms with Gasteiger partial charge in [-0.25, -0.2) is 8.42 Å². The number of carbonyl (C=O) groups excluding carboxylic acids is 2. The topological polar surface area (TPSA) is 105 Å². The van der Waals surface area contributed by atoms with E-state index in [-0.39, 0.29) is 34.8 Å². The first-order valence-electron chi connectivity index (χ1n) is 13.7. The summed E-state index contributed by atoms with van der Waals surface area (Å²) in [4.78, 5) is 28.5. The van der Waals surface area contributed by atoms with Crippen LogP contribution < -0.4 is 19.1 Å². The van der Waals surface area contributed by atoms with Crippen LogP contribution in [0.2, 0.25) is 10.0 Å². The minimum Gasteiger partial charge on any atom is -0.493 e. The van der Waals surface area contributed by atoms with Gasteiger partial charge in [0, 0.05) is 18.7 Å². The van der Waals surface area contributed by atoms with Gasteiger partial charge in [0.05, 0.1) is 34.8 Å². The summed E-state index contributed by atoms with van der Waals surface area (Å²) in [5.74, 6) is -0.390. The van der Waals surface area contributed by atoms with Crippen molar-refractivity contribution in [2.24, 2.45) is 0 Å². The molecule has 0 aliphatic rings. The number of methoxy groups -OCH3 is 2. The van der Waals surface area contributed by atoms with Gasteiger partial charge in [0.25, 0.3) is 10.0 Å². The maximum Gasteiger partial charge on any atom is 0.264 e. The molecule has 0 saturated heterocycles. The van der Waals surface area contributed by atoms with Gasteiger partial charge in [0.2, 0.25) is 11.8 Å². The lowest BCUT2D eigenvalue weighted by molar-refractivity contribution is -0.139. The van der Waals surface area contributed by atoms with Crippen LogP contribution in [0.25, 0.3) is 0 Å². The number of halogens is 2. The van der Waals surface area contributed by atoms with E-state index in [2.05, 4.69) is 5.32 Å². The fourth-order valence-corrected chi connectivity index (χ4v) is 5.98. The van der Waals surface area contributed by atoms with Gasteiger partial charge in [-0.2, -0.15) is 0 Å². The molecule has 2 atom stereocenters. The zero-order valence-corrected chi connectivity index (χ0v) is 27.4. The molecular weight excluding hydrogens is 613 g/mol. The number of hydrogen-bond acceptors (Lipinski definition) is 6. The fourth-order valence-electron chi connectivity index (χ4n) is 4.23. The number of nitrogens with zero attached hydrogens (tertiary/aromatic N) is 2. The molecular formula is C31H37Cl2N3O6S. The predicted octanol–water partition coefficient (Wildman–Crippen LogP) is 5.85. The van der Waals surface area contributed by atoms with Crippen LogP contribution in [0, 0.1) is 6.92 Å². The largest absolute Gasteiger partial charge is 0.493 e. The van der Waals surface area contributed by atoms with E-state index in [4.69, 9.17) is 32.7 Å². The fraction of sp³-hybridized carbons (Fsp3) is 0.355. The number of benzene rings is 3. The molecule has 0 aromatic heterocycles. The van der Waals surface area contributed by atoms with Crippen LogP contribution in [0.4, 0.5) is 5.69 Å². The zero-order chi connectivity index (χ0) is 31.9. The minimum absolute atomic E-state index is 0.0110. The van der Waals surface area contributed by atoms with Crippen LogP contribution in [0.1, 0.15) is 38.3 Å². The third-order valence-electron chi connectivity index (χ3n) is 7.05. The SMILES string of the molecule is CC[C@H](C)NC(=O)[C@@H](C)N(Cc1ccc(Cl)c(Cl)c1)C(=O)CN(c1ccc(C)cc1)S(=O)(=O)c1ccc(OC)c(OC)c1. The third-order valence-corrected chi connectivity index (χ3v) is 9.56. The van der Waals surface area contributed by atoms with Crippen LogP contribution in [0.3, 0.4) is 0 Å². The van der Waals surface area contributed by atoms with E-state index < -0.39 is 28.5 Å². The normalized spacial score (nSPS) is 12.7. The average molecular weight is 651 g/mol. The summed E-state index contributed by atoms with van der Waals surface area (Å²) < 4.78 is 39.9. The molecule has 9 nitrogen and oxygen atoms in total. The number of anilines is 1. The molecule has 43 heavy (non-hydrogen) atoms. The van der Waals surface area contributed by atoms with Crippen molar-refractivity contribution in [3.8, 4) is 11.5 Å². The van der Waals surface area contributed by atoms with Crippen LogP contribution in [-0.2, 0) is 26.2 Å². The second-order valence-electron chi connectivity index (χ2n) is 10.1. The quantitative estimate of drug-likeness (QED) is 0.249. The Morgan fingerprint density at radius 2 is 1.56 bits per heavy atom. The highest BCUT2D eigenvalue weighted by molar-refractivity contribution is 7.92. The average Bonchev–Trinajstić information content (AvgIpc) is 2.99. The van der Waals surface area contributed by atoms with Gasteiger partial charge in [0.15, 0.2) is 11.5 Å². The maximum atomic E-state index is 14.1. The van der Waals surface area contributed by atoms with E-state index in [9.17, 15) is 18.0 Å². The molecule has 0 spiro atoms. The molecule has 0 bridgehead atoms. The molecule has 0 heterocycles. The number of rotatable bonds is 13. The summed E-state index contributed by atoms with van der Waals surface area (Å²) in [6, 6.07) is 14.9. The second-order valence-corrected chi connectivity index (χ2v) is 12.8. The number of carbonyl (C=O) groups is 2. The first kappa shape index (κ1) is 34.0. The summed E-state index contributed by atoms with van der Waals surface area (Å²) in [6.07, 6.45) is 0.698. The molecule has 2 amide bonds. The third kappa shape index (κ3) is 8.34. The monoisotopic (exact) mass is 649 g/mol. The Kier molecular flexibility index (Phi) is 11.7. The van der Waals surface area contributed by atoms with E-state index >= 15 is 0 Å². The number of ether oxygens (including phenoxy) is 2. The predicted molar refractivity (Wildman–Crippen MR) is 170 cm³/mol. The van der Waals surface area contributed by atoms with Gasteiger partial charge in [-0.15, -0.1) is 0 Å². The smallest absolute Gasteiger partial charge is 0.264 e. The number of sulfonamides is 1. The van der Waals surface area contributed by atoms with Crippen molar-refractivity contribution in [1.82, 2.24) is 10.2 Å². The summed E-state index contributed by atoms with van der Waals surface area (Å²) in [6.45, 7) is 6.69. The zero-order valence-electron chi connectivity index (χ0n) is 25.1. The van der Waals surface area contributed by atoms with E-state index in [0.29, 0.717) is 27.8 Å². The van der Waals surface area contributed by atoms with Crippen LogP contribution >= 0.6 is 23.2 Å². The van der Waals surface area contributed by atoms with E-state index in [1.165, 1.54) is 37.3 Å². The standard InChI is InChI=1S/C31H37Cl2N3O6S/c1-7-21(3)34-31(38)22(4)35(18-23-10-14-26(32)27(33)16-23)30(37)19-36(24-11-8-20(2)9-12-24)43(39,40)25-13-15-28(41-5)29(17-25)42-6/h8-17,21-22H,7,18-19H2,1-6H3,(H,34,38)/t21-,22+/m0/s1. The van der Waals surface area contributed by atoms with Crippen LogP contribution in [-0.4, -0.2) is 58.0 Å². The Hall–Kier alpha value is -3.47. The Balaban J connectivity index is 2.08. The lowest BCUT2D eigenvalue weighted by atomic mass is 10.1. The Labute approximate surface area is 263 Å². The summed E-state index contributed by atoms with van der Waals surface area (Å²) >= 11 is 12.3. The molecule has 12 heteroatoms. The highest BCUT2D eigenvalue weighted by Gasteiger charge is 2.33. The van der Waals surface area contributed by atoms with Gasteiger partial charge in [-0.3, -0.25) is 13.9 Å². The highest BCUT2D eigenvalue weighted by atomic mass is 35.5. The van der Waals surface area contributed by atoms with Gasteiger partial charge >= 0.3 is 0 Å². The number of nitrogens with one attached hydrogen (secondary N) is 1. The molecule has 0 radical (unpaired) electrons. The number of amides is 2. The lowest BCUT2D eigenvalue weighted by Gasteiger charge is -2.32. The van der Waals surface area contributed by atoms with Crippen molar-refractivity contribution in [3.63, 3.8) is 0 Å². The molecule has 0 aliphatic heterocycles. The van der Waals surface area contributed by atoms with Crippen molar-refractivity contribution in [1.29, 1.82) is 0 Å². The molecule has 3 aromatic carbocycles. The van der Waals surface area contributed by atoms with E-state index in [1.54, 1.807) is 49.4 Å². The summed E-state index contributed by atoms with van der Waals surface area (Å²) in [7, 11) is -1.44. The molecule has 3 aromatic rings. The molecule has 3 rings (SSSR count). The second kappa shape index (κ2) is 14.8. The molecule has 0 aliphatic carbocycles. The Bertz CT molecular complexity index is 1550. The van der Waals surface area contributed by atoms with Crippen molar-refractivity contribution in [2.75, 3.05) is 25.1 Å². The molecule has 0 saturated carbocycles. The van der Waals surface area contributed by atoms with Crippen LogP contribution in [0.15, 0.2) is 65.6 Å². The van der Waals surface area contributed by atoms with Crippen molar-refractivity contribution < 1.29 is 27.5 Å². The van der Waals surface area contributed by atoms with Crippen molar-refractivity contribution in [2.45, 2.75) is 57.6 Å². The molecule has 0 unspecified atom stereocenters. The van der Waals surface area contributed by atoms with Crippen LogP contribution in [0.5, 0.6) is 11.5 Å². The van der Waals surface area contributed by atoms with Crippen molar-refractivity contribution >= 4 is 50.7 Å². The first-order valence-corrected chi connectivity index (χ1v) is 15.9. The van der Waals surface area contributed by atoms with Gasteiger partial charge in [-0.05, 0) is 69.2 Å². The van der Waals surface area contributed by atoms with Gasteiger partial charge in [-0.1, -0.05) is 53.9 Å². The Morgan fingerprint density at radius 1 is 0.907 bits per heavy atom. The summed E-state index contributed by atoms with van der Waals surface area (Å²) in [5, 5.41) is 3.54.